The fourth-order valence-corrected chi connectivity index (χ4v) is 1.08. The third-order valence-electron chi connectivity index (χ3n) is 1.86. The highest BCUT2D eigenvalue weighted by Gasteiger charge is 2.27. The quantitative estimate of drug-likeness (QED) is 0.621. The second-order valence-corrected chi connectivity index (χ2v) is 4.39. The van der Waals surface area contributed by atoms with Crippen LogP contribution in [0.2, 0.25) is 0 Å². The van der Waals surface area contributed by atoms with E-state index in [0.29, 0.717) is 25.7 Å². The fraction of sp³-hybridized carbons (Fsp3) is 0.909. The standard InChI is InChI=1S/C11H21F3N2O2/c1-9(2)7-18-5-3-4-15-6-10(17)16-8-11(12,13)14/h9,15H,3-8H2,1-2H3,(H,16,17). The first kappa shape index (κ1) is 17.2. The van der Waals surface area contributed by atoms with Crippen LogP contribution in [-0.2, 0) is 9.53 Å². The Labute approximate surface area is 105 Å². The molecule has 0 radical (unpaired) electrons. The normalized spacial score (nSPS) is 11.9. The number of carbonyl (C=O) groups excluding carboxylic acids is 1. The number of ether oxygens (including phenoxy) is 1. The van der Waals surface area contributed by atoms with Crippen molar-refractivity contribution in [2.75, 3.05) is 32.8 Å². The van der Waals surface area contributed by atoms with E-state index in [0.717, 1.165) is 6.42 Å². The van der Waals surface area contributed by atoms with E-state index in [9.17, 15) is 18.0 Å². The van der Waals surface area contributed by atoms with E-state index >= 15 is 0 Å². The molecular formula is C11H21F3N2O2. The van der Waals surface area contributed by atoms with E-state index in [2.05, 4.69) is 5.32 Å². The van der Waals surface area contributed by atoms with Gasteiger partial charge in [0.2, 0.25) is 5.91 Å². The molecule has 2 N–H and O–H groups in total. The first-order valence-corrected chi connectivity index (χ1v) is 5.93. The van der Waals surface area contributed by atoms with Crippen LogP contribution in [0.15, 0.2) is 0 Å². The Morgan fingerprint density at radius 2 is 2.00 bits per heavy atom. The van der Waals surface area contributed by atoms with Crippen LogP contribution < -0.4 is 10.6 Å². The highest BCUT2D eigenvalue weighted by atomic mass is 19.4. The van der Waals surface area contributed by atoms with Gasteiger partial charge in [0.15, 0.2) is 0 Å². The van der Waals surface area contributed by atoms with E-state index in [1.807, 2.05) is 13.8 Å². The molecule has 0 aromatic heterocycles. The molecule has 0 aliphatic carbocycles. The highest BCUT2D eigenvalue weighted by molar-refractivity contribution is 5.77. The van der Waals surface area contributed by atoms with Gasteiger partial charge in [0.05, 0.1) is 6.54 Å². The van der Waals surface area contributed by atoms with Crippen molar-refractivity contribution < 1.29 is 22.7 Å². The van der Waals surface area contributed by atoms with E-state index in [-0.39, 0.29) is 6.54 Å². The fourth-order valence-electron chi connectivity index (χ4n) is 1.08. The lowest BCUT2D eigenvalue weighted by molar-refractivity contribution is -0.137. The number of hydrogen-bond acceptors (Lipinski definition) is 3. The SMILES string of the molecule is CC(C)COCCCNCC(=O)NCC(F)(F)F. The van der Waals surface area contributed by atoms with Gasteiger partial charge in [0.1, 0.15) is 6.54 Å². The second kappa shape index (κ2) is 9.16. The lowest BCUT2D eigenvalue weighted by Gasteiger charge is -2.09. The van der Waals surface area contributed by atoms with Gasteiger partial charge in [0.25, 0.3) is 0 Å². The van der Waals surface area contributed by atoms with E-state index in [4.69, 9.17) is 4.74 Å². The van der Waals surface area contributed by atoms with Crippen LogP contribution >= 0.6 is 0 Å². The van der Waals surface area contributed by atoms with Crippen molar-refractivity contribution in [3.05, 3.63) is 0 Å². The van der Waals surface area contributed by atoms with Crippen molar-refractivity contribution in [3.8, 4) is 0 Å². The minimum atomic E-state index is -4.36. The summed E-state index contributed by atoms with van der Waals surface area (Å²) in [5.41, 5.74) is 0. The first-order chi connectivity index (χ1) is 8.31. The van der Waals surface area contributed by atoms with Crippen LogP contribution in [0.25, 0.3) is 0 Å². The number of hydrogen-bond donors (Lipinski definition) is 2. The van der Waals surface area contributed by atoms with Crippen LogP contribution in [0.1, 0.15) is 20.3 Å². The van der Waals surface area contributed by atoms with Gasteiger partial charge in [-0.25, -0.2) is 0 Å². The summed E-state index contributed by atoms with van der Waals surface area (Å²) in [6.45, 7) is 4.50. The summed E-state index contributed by atoms with van der Waals surface area (Å²) in [6.07, 6.45) is -3.64. The molecule has 0 saturated carbocycles. The average molecular weight is 270 g/mol. The number of carbonyl (C=O) groups is 1. The maximum atomic E-state index is 11.8. The van der Waals surface area contributed by atoms with Crippen molar-refractivity contribution >= 4 is 5.91 Å². The van der Waals surface area contributed by atoms with Crippen molar-refractivity contribution in [1.29, 1.82) is 0 Å². The van der Waals surface area contributed by atoms with Gasteiger partial charge in [-0.3, -0.25) is 4.79 Å². The van der Waals surface area contributed by atoms with Gasteiger partial charge in [-0.2, -0.15) is 13.2 Å². The second-order valence-electron chi connectivity index (χ2n) is 4.39. The topological polar surface area (TPSA) is 50.4 Å². The largest absolute Gasteiger partial charge is 0.405 e. The average Bonchev–Trinajstić information content (AvgIpc) is 2.23. The third-order valence-corrected chi connectivity index (χ3v) is 1.86. The predicted molar refractivity (Wildman–Crippen MR) is 62.2 cm³/mol. The molecule has 0 spiro atoms. The molecule has 0 atom stereocenters. The molecule has 0 aliphatic heterocycles. The van der Waals surface area contributed by atoms with Crippen LogP contribution in [0, 0.1) is 5.92 Å². The molecule has 7 heteroatoms. The third kappa shape index (κ3) is 13.2. The van der Waals surface area contributed by atoms with Gasteiger partial charge >= 0.3 is 6.18 Å². The summed E-state index contributed by atoms with van der Waals surface area (Å²) in [4.78, 5) is 11.0. The molecule has 0 aromatic rings. The summed E-state index contributed by atoms with van der Waals surface area (Å²) < 4.78 is 40.6. The molecule has 108 valence electrons. The zero-order valence-corrected chi connectivity index (χ0v) is 10.8. The number of rotatable bonds is 9. The maximum Gasteiger partial charge on any atom is 0.405 e. The van der Waals surface area contributed by atoms with E-state index in [1.54, 1.807) is 5.32 Å². The molecule has 18 heavy (non-hydrogen) atoms. The lowest BCUT2D eigenvalue weighted by Crippen LogP contribution is -2.39. The number of amides is 1. The molecule has 0 saturated heterocycles. The Morgan fingerprint density at radius 3 is 2.56 bits per heavy atom. The summed E-state index contributed by atoms with van der Waals surface area (Å²) in [7, 11) is 0. The first-order valence-electron chi connectivity index (χ1n) is 5.93. The number of nitrogens with one attached hydrogen (secondary N) is 2. The summed E-state index contributed by atoms with van der Waals surface area (Å²) in [5, 5.41) is 4.53. The number of halogens is 3. The Hall–Kier alpha value is -0.820. The highest BCUT2D eigenvalue weighted by Crippen LogP contribution is 2.11. The molecule has 0 fully saturated rings. The van der Waals surface area contributed by atoms with Crippen LogP contribution in [0.3, 0.4) is 0 Å². The molecular weight excluding hydrogens is 249 g/mol. The van der Waals surface area contributed by atoms with Gasteiger partial charge in [-0.15, -0.1) is 0 Å². The van der Waals surface area contributed by atoms with Crippen molar-refractivity contribution in [2.45, 2.75) is 26.4 Å². The number of alkyl halides is 3. The zero-order valence-electron chi connectivity index (χ0n) is 10.8. The molecule has 4 nitrogen and oxygen atoms in total. The van der Waals surface area contributed by atoms with Crippen molar-refractivity contribution in [3.63, 3.8) is 0 Å². The van der Waals surface area contributed by atoms with Crippen LogP contribution in [-0.4, -0.2) is 44.9 Å². The lowest BCUT2D eigenvalue weighted by atomic mass is 10.2. The van der Waals surface area contributed by atoms with E-state index in [1.165, 1.54) is 0 Å². The maximum absolute atomic E-state index is 11.8. The Kier molecular flexibility index (Phi) is 8.74. The van der Waals surface area contributed by atoms with Crippen molar-refractivity contribution in [2.24, 2.45) is 5.92 Å². The Bertz CT molecular complexity index is 233. The summed E-state index contributed by atoms with van der Waals surface area (Å²) in [6, 6.07) is 0. The molecule has 0 unspecified atom stereocenters. The van der Waals surface area contributed by atoms with Crippen molar-refractivity contribution in [1.82, 2.24) is 10.6 Å². The molecule has 0 bridgehead atoms. The summed E-state index contributed by atoms with van der Waals surface area (Å²) in [5.74, 6) is -0.179. The molecule has 0 rings (SSSR count). The van der Waals surface area contributed by atoms with Gasteiger partial charge in [0, 0.05) is 13.2 Å². The smallest absolute Gasteiger partial charge is 0.381 e. The van der Waals surface area contributed by atoms with Crippen LogP contribution in [0.4, 0.5) is 13.2 Å². The molecule has 0 heterocycles. The minimum absolute atomic E-state index is 0.111. The predicted octanol–water partition coefficient (Wildman–Crippen LogP) is 1.32. The monoisotopic (exact) mass is 270 g/mol. The zero-order chi connectivity index (χ0) is 14.0. The van der Waals surface area contributed by atoms with Crippen LogP contribution in [0.5, 0.6) is 0 Å². The van der Waals surface area contributed by atoms with Gasteiger partial charge in [-0.1, -0.05) is 13.8 Å². The van der Waals surface area contributed by atoms with Gasteiger partial charge < -0.3 is 15.4 Å². The molecule has 0 aliphatic rings. The summed E-state index contributed by atoms with van der Waals surface area (Å²) >= 11 is 0. The van der Waals surface area contributed by atoms with E-state index < -0.39 is 18.6 Å². The Balaban J connectivity index is 3.31. The van der Waals surface area contributed by atoms with Gasteiger partial charge in [-0.05, 0) is 18.9 Å². The Morgan fingerprint density at radius 1 is 1.33 bits per heavy atom. The molecule has 0 aromatic carbocycles. The minimum Gasteiger partial charge on any atom is -0.381 e. The molecule has 1 amide bonds.